The summed E-state index contributed by atoms with van der Waals surface area (Å²) >= 11 is 0. The van der Waals surface area contributed by atoms with E-state index >= 15 is 4.39 Å². The van der Waals surface area contributed by atoms with E-state index in [1.807, 2.05) is 0 Å². The van der Waals surface area contributed by atoms with Crippen LogP contribution in [0.4, 0.5) is 26.8 Å². The number of hydrogen-bond donors (Lipinski definition) is 3. The van der Waals surface area contributed by atoms with E-state index < -0.39 is 23.6 Å². The monoisotopic (exact) mass is 461 g/mol. The van der Waals surface area contributed by atoms with Crippen LogP contribution in [0.1, 0.15) is 55.2 Å². The number of aryl methyl sites for hydroxylation is 1. The maximum atomic E-state index is 15.1. The molecule has 2 aliphatic heterocycles. The van der Waals surface area contributed by atoms with E-state index in [1.165, 1.54) is 0 Å². The summed E-state index contributed by atoms with van der Waals surface area (Å²) in [4.78, 5) is 36.0. The molecule has 0 unspecified atom stereocenters. The molecule has 0 aliphatic carbocycles. The Morgan fingerprint density at radius 1 is 1.33 bits per heavy atom. The zero-order valence-electron chi connectivity index (χ0n) is 18.8. The van der Waals surface area contributed by atoms with Gasteiger partial charge in [-0.3, -0.25) is 5.10 Å². The van der Waals surface area contributed by atoms with Crippen LogP contribution in [0.5, 0.6) is 0 Å². The lowest BCUT2D eigenvalue weighted by molar-refractivity contribution is 0.0350. The van der Waals surface area contributed by atoms with Crippen molar-refractivity contribution in [1.29, 1.82) is 0 Å². The number of esters is 1. The van der Waals surface area contributed by atoms with Crippen molar-refractivity contribution >= 4 is 29.6 Å². The van der Waals surface area contributed by atoms with Crippen molar-refractivity contribution in [3.63, 3.8) is 0 Å². The van der Waals surface area contributed by atoms with Crippen molar-refractivity contribution < 1.29 is 23.8 Å². The Morgan fingerprint density at radius 3 is 2.61 bits per heavy atom. The normalized spacial score (nSPS) is 22.1. The van der Waals surface area contributed by atoms with Crippen molar-refractivity contribution in [3.8, 4) is 0 Å². The van der Waals surface area contributed by atoms with Gasteiger partial charge in [-0.15, -0.1) is 0 Å². The summed E-state index contributed by atoms with van der Waals surface area (Å²) in [7, 11) is 1.78. The molecule has 2 aromatic rings. The number of carboxylic acid groups (broad SMARTS) is 1. The number of nitrogens with zero attached hydrogens (tertiary/aromatic N) is 5. The number of rotatable bonds is 6. The van der Waals surface area contributed by atoms with Gasteiger partial charge in [-0.2, -0.15) is 10.1 Å². The number of H-pyrrole nitrogens is 1. The first-order chi connectivity index (χ1) is 15.8. The molecule has 2 bridgehead atoms. The molecule has 12 heteroatoms. The Morgan fingerprint density at radius 2 is 2.03 bits per heavy atom. The Balaban J connectivity index is 1.65. The number of halogens is 1. The van der Waals surface area contributed by atoms with Gasteiger partial charge in [0.1, 0.15) is 0 Å². The van der Waals surface area contributed by atoms with E-state index in [0.717, 1.165) is 25.0 Å². The number of ether oxygens (including phenoxy) is 1. The molecule has 0 radical (unpaired) electrons. The smallest absolute Gasteiger partial charge is 0.407 e. The number of amides is 1. The molecule has 11 nitrogen and oxygen atoms in total. The molecule has 0 saturated carbocycles. The van der Waals surface area contributed by atoms with Gasteiger partial charge in [0.25, 0.3) is 0 Å². The molecule has 2 fully saturated rings. The summed E-state index contributed by atoms with van der Waals surface area (Å²) in [6.45, 7) is 3.51. The van der Waals surface area contributed by atoms with Crippen LogP contribution in [0.2, 0.25) is 0 Å². The third kappa shape index (κ3) is 4.55. The van der Waals surface area contributed by atoms with Gasteiger partial charge in [-0.25, -0.2) is 19.0 Å². The number of nitrogens with one attached hydrogen (secondary N) is 2. The number of fused-ring (bicyclic) bond motifs is 2. The molecule has 3 atom stereocenters. The number of carbonyl (C=O) groups excluding carboxylic acids is 1. The Hall–Kier alpha value is -3.44. The predicted molar refractivity (Wildman–Crippen MR) is 117 cm³/mol. The van der Waals surface area contributed by atoms with E-state index in [-0.39, 0.29) is 36.5 Å². The van der Waals surface area contributed by atoms with Crippen LogP contribution < -0.4 is 10.2 Å². The number of hydrogen-bond acceptors (Lipinski definition) is 8. The molecule has 2 aliphatic rings. The fourth-order valence-corrected chi connectivity index (χ4v) is 4.76. The third-order valence-electron chi connectivity index (χ3n) is 6.29. The van der Waals surface area contributed by atoms with Gasteiger partial charge in [0, 0.05) is 36.9 Å². The van der Waals surface area contributed by atoms with Gasteiger partial charge in [-0.1, -0.05) is 0 Å². The number of aromatic amines is 1. The Kier molecular flexibility index (Phi) is 6.34. The summed E-state index contributed by atoms with van der Waals surface area (Å²) in [5.74, 6) is -1.50. The van der Waals surface area contributed by atoms with Crippen molar-refractivity contribution in [1.82, 2.24) is 25.1 Å². The zero-order valence-corrected chi connectivity index (χ0v) is 18.8. The lowest BCUT2D eigenvalue weighted by atomic mass is 9.81. The summed E-state index contributed by atoms with van der Waals surface area (Å²) in [6.07, 6.45) is 2.92. The van der Waals surface area contributed by atoms with Gasteiger partial charge in [0.2, 0.25) is 5.95 Å². The second-order valence-corrected chi connectivity index (χ2v) is 8.48. The van der Waals surface area contributed by atoms with Crippen LogP contribution in [-0.4, -0.2) is 74.0 Å². The molecule has 4 heterocycles. The average molecular weight is 461 g/mol. The van der Waals surface area contributed by atoms with Gasteiger partial charge in [-0.05, 0) is 46.0 Å². The van der Waals surface area contributed by atoms with E-state index in [2.05, 4.69) is 25.5 Å². The van der Waals surface area contributed by atoms with Crippen LogP contribution in [0, 0.1) is 12.7 Å². The highest BCUT2D eigenvalue weighted by Gasteiger charge is 2.42. The van der Waals surface area contributed by atoms with Crippen LogP contribution in [0.3, 0.4) is 0 Å². The van der Waals surface area contributed by atoms with Crippen LogP contribution >= 0.6 is 0 Å². The first-order valence-electron chi connectivity index (χ1n) is 11.1. The predicted octanol–water partition coefficient (Wildman–Crippen LogP) is 3.07. The highest BCUT2D eigenvalue weighted by atomic mass is 19.1. The molecule has 3 N–H and O–H groups in total. The van der Waals surface area contributed by atoms with Crippen molar-refractivity contribution in [3.05, 3.63) is 23.3 Å². The summed E-state index contributed by atoms with van der Waals surface area (Å²) < 4.78 is 20.1. The van der Waals surface area contributed by atoms with E-state index in [1.54, 1.807) is 36.8 Å². The maximum absolute atomic E-state index is 15.1. The van der Waals surface area contributed by atoms with Crippen LogP contribution in [0.15, 0.2) is 6.07 Å². The van der Waals surface area contributed by atoms with E-state index in [0.29, 0.717) is 18.7 Å². The number of anilines is 3. The molecule has 2 aromatic heterocycles. The van der Waals surface area contributed by atoms with Gasteiger partial charge in [0.05, 0.1) is 6.61 Å². The summed E-state index contributed by atoms with van der Waals surface area (Å²) in [6, 6.07) is 1.45. The quantitative estimate of drug-likeness (QED) is 0.554. The minimum Gasteiger partial charge on any atom is -0.465 e. The van der Waals surface area contributed by atoms with E-state index in [4.69, 9.17) is 4.74 Å². The van der Waals surface area contributed by atoms with Crippen molar-refractivity contribution in [2.24, 2.45) is 0 Å². The minimum atomic E-state index is -0.927. The molecular formula is C21H28FN7O4. The second kappa shape index (κ2) is 9.20. The largest absolute Gasteiger partial charge is 0.465 e. The number of carbonyl (C=O) groups is 2. The minimum absolute atomic E-state index is 0.0584. The molecule has 2 saturated heterocycles. The topological polar surface area (TPSA) is 137 Å². The van der Waals surface area contributed by atoms with Crippen molar-refractivity contribution in [2.45, 2.75) is 64.1 Å². The first kappa shape index (κ1) is 22.7. The standard InChI is InChI=1S/C21H28FN7O4/c1-4-33-19(30)17-16(22)18(23-15-8-11(2)26-27-15)25-20(24-17)28(3)14-9-12-6-5-7-13(10-14)29(12)21(31)32/h8,12-14H,4-7,9-10H2,1-3H3,(H,31,32)(H2,23,24,25,26,27)/t12-,13+,14-. The van der Waals surface area contributed by atoms with Crippen LogP contribution in [0.25, 0.3) is 0 Å². The lowest BCUT2D eigenvalue weighted by Crippen LogP contribution is -2.58. The van der Waals surface area contributed by atoms with Gasteiger partial charge < -0.3 is 25.0 Å². The van der Waals surface area contributed by atoms with Gasteiger partial charge in [0.15, 0.2) is 23.1 Å². The molecule has 178 valence electrons. The molecule has 0 aromatic carbocycles. The van der Waals surface area contributed by atoms with Crippen molar-refractivity contribution in [2.75, 3.05) is 23.9 Å². The SMILES string of the molecule is CCOC(=O)c1nc(N(C)[C@@H]2C[C@H]3CCC[C@@H](C2)N3C(=O)O)nc(Nc2cc(C)[nH]n2)c1F. The second-order valence-electron chi connectivity index (χ2n) is 8.48. The average Bonchev–Trinajstić information content (AvgIpc) is 3.18. The number of piperidine rings is 2. The molecule has 4 rings (SSSR count). The third-order valence-corrected chi connectivity index (χ3v) is 6.29. The summed E-state index contributed by atoms with van der Waals surface area (Å²) in [5.41, 5.74) is 0.304. The lowest BCUT2D eigenvalue weighted by Gasteiger charge is -2.49. The first-order valence-corrected chi connectivity index (χ1v) is 11.1. The van der Waals surface area contributed by atoms with Crippen LogP contribution in [-0.2, 0) is 4.74 Å². The zero-order chi connectivity index (χ0) is 23.7. The fraction of sp³-hybridized carbons (Fsp3) is 0.571. The number of aromatic nitrogens is 4. The molecule has 33 heavy (non-hydrogen) atoms. The fourth-order valence-electron chi connectivity index (χ4n) is 4.76. The Labute approximate surface area is 190 Å². The highest BCUT2D eigenvalue weighted by molar-refractivity contribution is 5.89. The molecular weight excluding hydrogens is 433 g/mol. The summed E-state index contributed by atoms with van der Waals surface area (Å²) in [5, 5.41) is 19.2. The highest BCUT2D eigenvalue weighted by Crippen LogP contribution is 2.37. The van der Waals surface area contributed by atoms with Gasteiger partial charge >= 0.3 is 12.1 Å². The van der Waals surface area contributed by atoms with E-state index in [9.17, 15) is 14.7 Å². The molecule has 1 amide bonds. The molecule has 0 spiro atoms. The Bertz CT molecular complexity index is 1030. The maximum Gasteiger partial charge on any atom is 0.407 e.